The van der Waals surface area contributed by atoms with Gasteiger partial charge in [0.15, 0.2) is 0 Å². The highest BCUT2D eigenvalue weighted by Gasteiger charge is 2.28. The number of carbonyl (C=O) groups is 1. The number of nitrogens with one attached hydrogen (secondary N) is 1. The van der Waals surface area contributed by atoms with Gasteiger partial charge in [-0.3, -0.25) is 19.6 Å². The number of carbonyl (C=O) groups excluding carboxylic acids is 1. The summed E-state index contributed by atoms with van der Waals surface area (Å²) in [5.41, 5.74) is 4.77. The third kappa shape index (κ3) is 4.47. The summed E-state index contributed by atoms with van der Waals surface area (Å²) in [5, 5.41) is 4.16. The van der Waals surface area contributed by atoms with Crippen LogP contribution in [-0.4, -0.2) is 53.0 Å². The number of nitrogens with zero attached hydrogens (tertiary/aromatic N) is 3. The number of aromatic nitrogens is 1. The topological polar surface area (TPSA) is 57.7 Å². The normalized spacial score (nSPS) is 19.8. The van der Waals surface area contributed by atoms with Crippen LogP contribution in [0.1, 0.15) is 30.0 Å². The Balaban J connectivity index is 1.32. The van der Waals surface area contributed by atoms with Crippen molar-refractivity contribution in [2.45, 2.75) is 39.0 Å². The Morgan fingerprint density at radius 1 is 1.09 bits per heavy atom. The summed E-state index contributed by atoms with van der Waals surface area (Å²) in [6.45, 7) is 7.78. The molecule has 2 aromatic carbocycles. The molecule has 2 aliphatic rings. The molecule has 1 N–H and O–H groups in total. The maximum absolute atomic E-state index is 12.2. The predicted octanol–water partition coefficient (Wildman–Crippen LogP) is 3.34. The molecule has 0 radical (unpaired) electrons. The molecular formula is C26H30N4O2. The summed E-state index contributed by atoms with van der Waals surface area (Å²) in [7, 11) is 0. The molecule has 5 rings (SSSR count). The van der Waals surface area contributed by atoms with E-state index in [0.717, 1.165) is 57.0 Å². The lowest BCUT2D eigenvalue weighted by molar-refractivity contribution is -0.129. The fourth-order valence-electron chi connectivity index (χ4n) is 4.85. The van der Waals surface area contributed by atoms with Crippen molar-refractivity contribution in [3.63, 3.8) is 0 Å². The van der Waals surface area contributed by atoms with Gasteiger partial charge in [0, 0.05) is 56.4 Å². The Morgan fingerprint density at radius 2 is 1.97 bits per heavy atom. The zero-order valence-corrected chi connectivity index (χ0v) is 18.6. The number of pyridine rings is 1. The molecule has 166 valence electrons. The molecule has 0 bridgehead atoms. The molecule has 6 heteroatoms. The SMILES string of the molecule is CCC1C(=O)NCCN1Cc1ccc2c(c1)CN(Cc1ccc3ncccc3c1)CCO2. The molecule has 1 amide bonds. The fourth-order valence-corrected chi connectivity index (χ4v) is 4.85. The summed E-state index contributed by atoms with van der Waals surface area (Å²) < 4.78 is 6.06. The fraction of sp³-hybridized carbons (Fsp3) is 0.385. The molecule has 3 aromatic rings. The molecule has 1 unspecified atom stereocenters. The van der Waals surface area contributed by atoms with Gasteiger partial charge in [-0.2, -0.15) is 0 Å². The minimum atomic E-state index is -0.0438. The first kappa shape index (κ1) is 20.9. The van der Waals surface area contributed by atoms with E-state index in [1.165, 1.54) is 22.1 Å². The van der Waals surface area contributed by atoms with E-state index in [-0.39, 0.29) is 11.9 Å². The lowest BCUT2D eigenvalue weighted by Crippen LogP contribution is -2.54. The minimum absolute atomic E-state index is 0.0438. The van der Waals surface area contributed by atoms with Gasteiger partial charge in [-0.15, -0.1) is 0 Å². The highest BCUT2D eigenvalue weighted by molar-refractivity contribution is 5.82. The first-order valence-corrected chi connectivity index (χ1v) is 11.5. The lowest BCUT2D eigenvalue weighted by atomic mass is 10.0. The molecule has 1 saturated heterocycles. The molecule has 6 nitrogen and oxygen atoms in total. The number of amides is 1. The van der Waals surface area contributed by atoms with Crippen molar-refractivity contribution in [1.82, 2.24) is 20.1 Å². The van der Waals surface area contributed by atoms with Crippen molar-refractivity contribution in [1.29, 1.82) is 0 Å². The molecule has 0 aliphatic carbocycles. The number of ether oxygens (including phenoxy) is 1. The molecular weight excluding hydrogens is 400 g/mol. The summed E-state index contributed by atoms with van der Waals surface area (Å²) >= 11 is 0. The average Bonchev–Trinajstić information content (AvgIpc) is 3.00. The second kappa shape index (κ2) is 9.27. The average molecular weight is 431 g/mol. The Kier molecular flexibility index (Phi) is 6.06. The second-order valence-electron chi connectivity index (χ2n) is 8.72. The van der Waals surface area contributed by atoms with Crippen LogP contribution >= 0.6 is 0 Å². The van der Waals surface area contributed by atoms with Crippen LogP contribution in [0.3, 0.4) is 0 Å². The maximum atomic E-state index is 12.2. The smallest absolute Gasteiger partial charge is 0.237 e. The van der Waals surface area contributed by atoms with Crippen LogP contribution in [0.2, 0.25) is 0 Å². The summed E-state index contributed by atoms with van der Waals surface area (Å²) in [6.07, 6.45) is 2.66. The minimum Gasteiger partial charge on any atom is -0.492 e. The van der Waals surface area contributed by atoms with E-state index in [1.54, 1.807) is 0 Å². The standard InChI is InChI=1S/C26H30N4O2/c1-2-24-26(31)28-10-11-30(24)17-20-6-8-25-22(15-20)18-29(12-13-32-25)16-19-5-7-23-21(14-19)4-3-9-27-23/h3-9,14-15,24H,2,10-13,16-18H2,1H3,(H,28,31). The number of hydrogen-bond donors (Lipinski definition) is 1. The van der Waals surface area contributed by atoms with Gasteiger partial charge in [-0.1, -0.05) is 25.1 Å². The molecule has 3 heterocycles. The van der Waals surface area contributed by atoms with Crippen molar-refractivity contribution in [2.24, 2.45) is 0 Å². The van der Waals surface area contributed by atoms with Gasteiger partial charge < -0.3 is 10.1 Å². The van der Waals surface area contributed by atoms with Gasteiger partial charge >= 0.3 is 0 Å². The van der Waals surface area contributed by atoms with Crippen molar-refractivity contribution in [2.75, 3.05) is 26.2 Å². The van der Waals surface area contributed by atoms with Crippen molar-refractivity contribution >= 4 is 16.8 Å². The van der Waals surface area contributed by atoms with Gasteiger partial charge in [0.05, 0.1) is 11.6 Å². The zero-order valence-electron chi connectivity index (χ0n) is 18.6. The second-order valence-corrected chi connectivity index (χ2v) is 8.72. The number of benzene rings is 2. The summed E-state index contributed by atoms with van der Waals surface area (Å²) in [4.78, 5) is 21.4. The molecule has 1 aromatic heterocycles. The molecule has 0 spiro atoms. The van der Waals surface area contributed by atoms with E-state index in [4.69, 9.17) is 4.74 Å². The van der Waals surface area contributed by atoms with Gasteiger partial charge in [-0.05, 0) is 47.9 Å². The molecule has 1 atom stereocenters. The molecule has 0 saturated carbocycles. The van der Waals surface area contributed by atoms with Crippen LogP contribution in [0.15, 0.2) is 54.7 Å². The van der Waals surface area contributed by atoms with Crippen LogP contribution in [0.4, 0.5) is 0 Å². The summed E-state index contributed by atoms with van der Waals surface area (Å²) in [6, 6.07) is 17.1. The van der Waals surface area contributed by atoms with Crippen molar-refractivity contribution < 1.29 is 9.53 Å². The Labute approximate surface area is 189 Å². The summed E-state index contributed by atoms with van der Waals surface area (Å²) in [5.74, 6) is 1.12. The Hall–Kier alpha value is -2.96. The Bertz CT molecular complexity index is 1120. The third-order valence-corrected chi connectivity index (χ3v) is 6.47. The van der Waals surface area contributed by atoms with E-state index in [0.29, 0.717) is 6.61 Å². The van der Waals surface area contributed by atoms with E-state index >= 15 is 0 Å². The number of piperazine rings is 1. The first-order valence-electron chi connectivity index (χ1n) is 11.5. The van der Waals surface area contributed by atoms with Crippen LogP contribution in [0, 0.1) is 0 Å². The molecule has 2 aliphatic heterocycles. The Morgan fingerprint density at radius 3 is 2.88 bits per heavy atom. The van der Waals surface area contributed by atoms with Crippen LogP contribution in [0.25, 0.3) is 10.9 Å². The lowest BCUT2D eigenvalue weighted by Gasteiger charge is -2.34. The third-order valence-electron chi connectivity index (χ3n) is 6.47. The van der Waals surface area contributed by atoms with Crippen molar-refractivity contribution in [3.8, 4) is 5.75 Å². The molecule has 1 fully saturated rings. The zero-order chi connectivity index (χ0) is 21.9. The maximum Gasteiger partial charge on any atom is 0.237 e. The van der Waals surface area contributed by atoms with Crippen LogP contribution < -0.4 is 10.1 Å². The van der Waals surface area contributed by atoms with E-state index in [2.05, 4.69) is 69.5 Å². The van der Waals surface area contributed by atoms with Crippen molar-refractivity contribution in [3.05, 3.63) is 71.4 Å². The monoisotopic (exact) mass is 430 g/mol. The van der Waals surface area contributed by atoms with E-state index < -0.39 is 0 Å². The number of hydrogen-bond acceptors (Lipinski definition) is 5. The quantitative estimate of drug-likeness (QED) is 0.673. The van der Waals surface area contributed by atoms with Gasteiger partial charge in [0.2, 0.25) is 5.91 Å². The number of rotatable bonds is 5. The van der Waals surface area contributed by atoms with Gasteiger partial charge in [0.25, 0.3) is 0 Å². The highest BCUT2D eigenvalue weighted by atomic mass is 16.5. The highest BCUT2D eigenvalue weighted by Crippen LogP contribution is 2.27. The van der Waals surface area contributed by atoms with E-state index in [9.17, 15) is 4.79 Å². The van der Waals surface area contributed by atoms with Gasteiger partial charge in [0.1, 0.15) is 12.4 Å². The number of fused-ring (bicyclic) bond motifs is 2. The largest absolute Gasteiger partial charge is 0.492 e. The van der Waals surface area contributed by atoms with Crippen LogP contribution in [0.5, 0.6) is 5.75 Å². The molecule has 32 heavy (non-hydrogen) atoms. The first-order chi connectivity index (χ1) is 15.7. The predicted molar refractivity (Wildman–Crippen MR) is 125 cm³/mol. The van der Waals surface area contributed by atoms with E-state index in [1.807, 2.05) is 12.3 Å². The van der Waals surface area contributed by atoms with Gasteiger partial charge in [-0.25, -0.2) is 0 Å². The van der Waals surface area contributed by atoms with Crippen LogP contribution in [-0.2, 0) is 24.4 Å².